The summed E-state index contributed by atoms with van der Waals surface area (Å²) >= 11 is 0. The van der Waals surface area contributed by atoms with Gasteiger partial charge in [0.1, 0.15) is 5.92 Å². The van der Waals surface area contributed by atoms with Crippen molar-refractivity contribution in [1.82, 2.24) is 4.57 Å². The zero-order chi connectivity index (χ0) is 17.0. The number of para-hydroxylation sites is 1. The lowest BCUT2D eigenvalue weighted by Gasteiger charge is -2.16. The normalized spacial score (nSPS) is 19.5. The number of nitrogens with two attached hydrogens (primary N) is 1. The SMILES string of the molecule is NC(=O)c1cccc2c3c(n(CC4CC4)c12)C(=O)C(C(=O)O)C=C3. The van der Waals surface area contributed by atoms with Crippen LogP contribution in [0, 0.1) is 11.8 Å². The number of Topliss-reactive ketones (excluding diaryl/α,β-unsaturated/α-hetero) is 1. The smallest absolute Gasteiger partial charge is 0.318 e. The molecule has 1 unspecified atom stereocenters. The summed E-state index contributed by atoms with van der Waals surface area (Å²) in [5.74, 6) is -2.89. The van der Waals surface area contributed by atoms with E-state index in [4.69, 9.17) is 5.73 Å². The molecule has 2 aliphatic rings. The molecule has 0 aliphatic heterocycles. The Morgan fingerprint density at radius 2 is 2.04 bits per heavy atom. The van der Waals surface area contributed by atoms with Gasteiger partial charge in [0, 0.05) is 17.5 Å². The molecular formula is C18H16N2O4. The molecule has 6 nitrogen and oxygen atoms in total. The van der Waals surface area contributed by atoms with Gasteiger partial charge in [-0.1, -0.05) is 24.3 Å². The van der Waals surface area contributed by atoms with E-state index in [-0.39, 0.29) is 0 Å². The van der Waals surface area contributed by atoms with E-state index in [1.807, 2.05) is 10.6 Å². The maximum Gasteiger partial charge on any atom is 0.318 e. The summed E-state index contributed by atoms with van der Waals surface area (Å²) in [7, 11) is 0. The number of aliphatic carboxylic acids is 1. The van der Waals surface area contributed by atoms with Gasteiger partial charge in [0.05, 0.1) is 16.8 Å². The number of hydrogen-bond donors (Lipinski definition) is 2. The van der Waals surface area contributed by atoms with E-state index in [2.05, 4.69) is 0 Å². The van der Waals surface area contributed by atoms with Crippen LogP contribution in [0.4, 0.5) is 0 Å². The third-order valence-corrected chi connectivity index (χ3v) is 4.76. The molecule has 1 amide bonds. The predicted octanol–water partition coefficient (Wildman–Crippen LogP) is 2.06. The topological polar surface area (TPSA) is 102 Å². The van der Waals surface area contributed by atoms with Crippen molar-refractivity contribution in [2.45, 2.75) is 19.4 Å². The molecule has 0 spiro atoms. The molecule has 1 aromatic heterocycles. The number of ketones is 1. The minimum absolute atomic E-state index is 0.357. The van der Waals surface area contributed by atoms with E-state index < -0.39 is 23.6 Å². The number of carbonyl (C=O) groups excluding carboxylic acids is 2. The van der Waals surface area contributed by atoms with Crippen LogP contribution in [0.25, 0.3) is 17.0 Å². The van der Waals surface area contributed by atoms with Crippen molar-refractivity contribution in [2.75, 3.05) is 0 Å². The zero-order valence-electron chi connectivity index (χ0n) is 12.9. The van der Waals surface area contributed by atoms with Crippen molar-refractivity contribution in [1.29, 1.82) is 0 Å². The summed E-state index contributed by atoms with van der Waals surface area (Å²) < 4.78 is 1.81. The van der Waals surface area contributed by atoms with Crippen LogP contribution in [-0.2, 0) is 11.3 Å². The lowest BCUT2D eigenvalue weighted by atomic mass is 9.92. The van der Waals surface area contributed by atoms with Gasteiger partial charge < -0.3 is 15.4 Å². The minimum Gasteiger partial charge on any atom is -0.480 e. The molecule has 2 aliphatic carbocycles. The highest BCUT2D eigenvalue weighted by Gasteiger charge is 2.36. The van der Waals surface area contributed by atoms with Gasteiger partial charge in [-0.3, -0.25) is 14.4 Å². The number of benzene rings is 1. The number of nitrogens with zero attached hydrogens (tertiary/aromatic N) is 1. The van der Waals surface area contributed by atoms with E-state index in [0.29, 0.717) is 34.8 Å². The summed E-state index contributed by atoms with van der Waals surface area (Å²) in [6.45, 7) is 0.599. The van der Waals surface area contributed by atoms with Gasteiger partial charge in [0.25, 0.3) is 5.91 Å². The van der Waals surface area contributed by atoms with Crippen molar-refractivity contribution in [2.24, 2.45) is 17.6 Å². The van der Waals surface area contributed by atoms with Crippen LogP contribution >= 0.6 is 0 Å². The van der Waals surface area contributed by atoms with Crippen LogP contribution < -0.4 is 5.73 Å². The van der Waals surface area contributed by atoms with Crippen LogP contribution in [0.15, 0.2) is 24.3 Å². The second kappa shape index (κ2) is 5.06. The number of primary amides is 1. The van der Waals surface area contributed by atoms with Gasteiger partial charge in [-0.25, -0.2) is 0 Å². The number of aromatic nitrogens is 1. The fraction of sp³-hybridized carbons (Fsp3) is 0.278. The molecule has 2 aromatic rings. The van der Waals surface area contributed by atoms with Crippen molar-refractivity contribution in [3.63, 3.8) is 0 Å². The highest BCUT2D eigenvalue weighted by Crippen LogP contribution is 2.38. The molecule has 3 N–H and O–H groups in total. The Morgan fingerprint density at radius 3 is 2.67 bits per heavy atom. The van der Waals surface area contributed by atoms with E-state index in [0.717, 1.165) is 18.2 Å². The van der Waals surface area contributed by atoms with Gasteiger partial charge in [0.2, 0.25) is 0 Å². The predicted molar refractivity (Wildman–Crippen MR) is 87.7 cm³/mol. The van der Waals surface area contributed by atoms with Crippen molar-refractivity contribution >= 4 is 34.6 Å². The summed E-state index contributed by atoms with van der Waals surface area (Å²) in [5, 5.41) is 10.0. The second-order valence-electron chi connectivity index (χ2n) is 6.42. The third kappa shape index (κ3) is 2.06. The van der Waals surface area contributed by atoms with Crippen LogP contribution in [0.3, 0.4) is 0 Å². The first kappa shape index (κ1) is 14.7. The number of rotatable bonds is 4. The number of carboxylic acids is 1. The van der Waals surface area contributed by atoms with Gasteiger partial charge in [-0.05, 0) is 24.8 Å². The molecular weight excluding hydrogens is 308 g/mol. The first-order valence-electron chi connectivity index (χ1n) is 7.89. The Balaban J connectivity index is 2.04. The molecule has 24 heavy (non-hydrogen) atoms. The largest absolute Gasteiger partial charge is 0.480 e. The standard InChI is InChI=1S/C18H16N2O4/c19-17(22)12-3-1-2-10-11-6-7-13(18(23)24)16(21)15(11)20(14(10)12)8-9-4-5-9/h1-3,6-7,9,13H,4-5,8H2,(H2,19,22)(H,23,24). The fourth-order valence-electron chi connectivity index (χ4n) is 3.43. The molecule has 6 heteroatoms. The Morgan fingerprint density at radius 1 is 1.29 bits per heavy atom. The van der Waals surface area contributed by atoms with Gasteiger partial charge >= 0.3 is 5.97 Å². The van der Waals surface area contributed by atoms with E-state index in [1.165, 1.54) is 6.08 Å². The minimum atomic E-state index is -1.18. The van der Waals surface area contributed by atoms with E-state index in [1.54, 1.807) is 18.2 Å². The maximum atomic E-state index is 12.8. The number of amides is 1. The molecule has 0 saturated heterocycles. The van der Waals surface area contributed by atoms with Gasteiger partial charge in [-0.15, -0.1) is 0 Å². The Hall–Kier alpha value is -2.89. The Bertz CT molecular complexity index is 934. The summed E-state index contributed by atoms with van der Waals surface area (Å²) in [6.07, 6.45) is 5.22. The van der Waals surface area contributed by atoms with Crippen LogP contribution in [0.2, 0.25) is 0 Å². The first-order valence-corrected chi connectivity index (χ1v) is 7.89. The molecule has 1 saturated carbocycles. The second-order valence-corrected chi connectivity index (χ2v) is 6.42. The van der Waals surface area contributed by atoms with E-state index in [9.17, 15) is 19.5 Å². The maximum absolute atomic E-state index is 12.8. The summed E-state index contributed by atoms with van der Waals surface area (Å²) in [4.78, 5) is 36.0. The molecule has 1 atom stereocenters. The summed E-state index contributed by atoms with van der Waals surface area (Å²) in [6, 6.07) is 5.21. The molecule has 0 bridgehead atoms. The van der Waals surface area contributed by atoms with E-state index >= 15 is 0 Å². The monoisotopic (exact) mass is 324 g/mol. The van der Waals surface area contributed by atoms with Crippen molar-refractivity contribution < 1.29 is 19.5 Å². The van der Waals surface area contributed by atoms with Gasteiger partial charge in [-0.2, -0.15) is 0 Å². The van der Waals surface area contributed by atoms with Crippen LogP contribution in [-0.4, -0.2) is 27.3 Å². The third-order valence-electron chi connectivity index (χ3n) is 4.76. The van der Waals surface area contributed by atoms with Crippen LogP contribution in [0.5, 0.6) is 0 Å². The molecule has 122 valence electrons. The lowest BCUT2D eigenvalue weighted by molar-refractivity contribution is -0.138. The molecule has 4 rings (SSSR count). The molecule has 0 radical (unpaired) electrons. The van der Waals surface area contributed by atoms with Crippen LogP contribution in [0.1, 0.15) is 39.3 Å². The summed E-state index contributed by atoms with van der Waals surface area (Å²) in [5.41, 5.74) is 7.55. The average molecular weight is 324 g/mol. The number of carbonyl (C=O) groups is 3. The highest BCUT2D eigenvalue weighted by atomic mass is 16.4. The average Bonchev–Trinajstić information content (AvgIpc) is 3.30. The first-order chi connectivity index (χ1) is 11.5. The Labute approximate surface area is 137 Å². The number of carboxylic acid groups (broad SMARTS) is 1. The molecule has 1 heterocycles. The van der Waals surface area contributed by atoms with Crippen molar-refractivity contribution in [3.05, 3.63) is 41.1 Å². The van der Waals surface area contributed by atoms with Crippen molar-refractivity contribution in [3.8, 4) is 0 Å². The number of fused-ring (bicyclic) bond motifs is 3. The highest BCUT2D eigenvalue weighted by molar-refractivity contribution is 6.18. The molecule has 1 aromatic carbocycles. The molecule has 1 fully saturated rings. The van der Waals surface area contributed by atoms with Gasteiger partial charge in [0.15, 0.2) is 5.78 Å². The fourth-order valence-corrected chi connectivity index (χ4v) is 3.43. The lowest BCUT2D eigenvalue weighted by Crippen LogP contribution is -2.27. The quantitative estimate of drug-likeness (QED) is 0.840. The Kier molecular flexibility index (Phi) is 3.09. The zero-order valence-corrected chi connectivity index (χ0v) is 12.9. The number of hydrogen-bond acceptors (Lipinski definition) is 3.